The van der Waals surface area contributed by atoms with Gasteiger partial charge in [-0.15, -0.1) is 11.3 Å². The third-order valence-corrected chi connectivity index (χ3v) is 4.25. The number of hydrogen-bond acceptors (Lipinski definition) is 3. The second-order valence-corrected chi connectivity index (χ2v) is 5.93. The molecule has 0 fully saturated rings. The molecule has 1 rings (SSSR count). The Morgan fingerprint density at radius 1 is 1.47 bits per heavy atom. The molecule has 3 heteroatoms. The van der Waals surface area contributed by atoms with E-state index in [9.17, 15) is 0 Å². The number of rotatable bonds is 6. The van der Waals surface area contributed by atoms with Crippen molar-refractivity contribution < 1.29 is 0 Å². The molecule has 15 heavy (non-hydrogen) atoms. The molecule has 0 unspecified atom stereocenters. The molecule has 86 valence electrons. The van der Waals surface area contributed by atoms with Gasteiger partial charge in [0, 0.05) is 16.8 Å². The molecule has 0 aliphatic heterocycles. The first-order valence-electron chi connectivity index (χ1n) is 5.44. The Kier molecular flexibility index (Phi) is 5.16. The summed E-state index contributed by atoms with van der Waals surface area (Å²) in [6.45, 7) is 8.92. The maximum absolute atomic E-state index is 4.20. The van der Waals surface area contributed by atoms with Crippen LogP contribution in [0.15, 0.2) is 11.4 Å². The molecule has 1 aromatic rings. The Balaban J connectivity index is 2.48. The molecule has 1 N–H and O–H groups in total. The van der Waals surface area contributed by atoms with Crippen molar-refractivity contribution in [2.75, 3.05) is 18.8 Å². The normalized spacial score (nSPS) is 12.0. The van der Waals surface area contributed by atoms with Gasteiger partial charge in [-0.2, -0.15) is 12.6 Å². The summed E-state index contributed by atoms with van der Waals surface area (Å²) < 4.78 is 0. The van der Waals surface area contributed by atoms with E-state index in [1.165, 1.54) is 10.4 Å². The van der Waals surface area contributed by atoms with Crippen molar-refractivity contribution in [2.45, 2.75) is 32.6 Å². The maximum Gasteiger partial charge on any atom is 0.0143 e. The fourth-order valence-electron chi connectivity index (χ4n) is 1.75. The molecule has 0 radical (unpaired) electrons. The Hall–Kier alpha value is 0.01000. The van der Waals surface area contributed by atoms with Crippen LogP contribution in [0.5, 0.6) is 0 Å². The topological polar surface area (TPSA) is 12.0 Å². The highest BCUT2D eigenvalue weighted by molar-refractivity contribution is 7.80. The van der Waals surface area contributed by atoms with Gasteiger partial charge in [-0.3, -0.25) is 0 Å². The quantitative estimate of drug-likeness (QED) is 0.577. The molecule has 0 aromatic carbocycles. The summed E-state index contributed by atoms with van der Waals surface area (Å²) in [7, 11) is 0. The number of thiophene rings is 1. The third kappa shape index (κ3) is 3.82. The van der Waals surface area contributed by atoms with Crippen LogP contribution in [0.1, 0.15) is 30.7 Å². The van der Waals surface area contributed by atoms with Gasteiger partial charge in [0.1, 0.15) is 0 Å². The highest BCUT2D eigenvalue weighted by Gasteiger charge is 2.22. The predicted octanol–water partition coefficient (Wildman–Crippen LogP) is 3.24. The number of hydrogen-bond donors (Lipinski definition) is 2. The summed E-state index contributed by atoms with van der Waals surface area (Å²) in [6.07, 6.45) is 1.14. The molecule has 0 saturated carbocycles. The lowest BCUT2D eigenvalue weighted by Gasteiger charge is -2.25. The summed E-state index contributed by atoms with van der Waals surface area (Å²) in [5.74, 6) is 0.964. The van der Waals surface area contributed by atoms with E-state index >= 15 is 0 Å². The summed E-state index contributed by atoms with van der Waals surface area (Å²) >= 11 is 6.07. The largest absolute Gasteiger partial charge is 0.316 e. The van der Waals surface area contributed by atoms with E-state index in [2.05, 4.69) is 50.2 Å². The molecular formula is C12H21NS2. The van der Waals surface area contributed by atoms with Crippen molar-refractivity contribution in [2.24, 2.45) is 0 Å². The van der Waals surface area contributed by atoms with Crippen molar-refractivity contribution in [3.05, 3.63) is 21.9 Å². The first kappa shape index (κ1) is 13.1. The van der Waals surface area contributed by atoms with Gasteiger partial charge >= 0.3 is 0 Å². The molecular weight excluding hydrogens is 222 g/mol. The second kappa shape index (κ2) is 5.92. The molecule has 0 aliphatic carbocycles. The molecule has 0 aliphatic rings. The molecule has 0 atom stereocenters. The van der Waals surface area contributed by atoms with Crippen molar-refractivity contribution in [1.82, 2.24) is 5.32 Å². The first-order valence-corrected chi connectivity index (χ1v) is 6.95. The Morgan fingerprint density at radius 3 is 2.73 bits per heavy atom. The zero-order valence-electron chi connectivity index (χ0n) is 9.84. The average molecular weight is 243 g/mol. The lowest BCUT2D eigenvalue weighted by atomic mass is 9.89. The van der Waals surface area contributed by atoms with Crippen LogP contribution in [0, 0.1) is 6.92 Å². The maximum atomic E-state index is 4.20. The minimum Gasteiger partial charge on any atom is -0.316 e. The van der Waals surface area contributed by atoms with Crippen LogP contribution in [0.3, 0.4) is 0 Å². The lowest BCUT2D eigenvalue weighted by molar-refractivity contribution is 0.476. The summed E-state index contributed by atoms with van der Waals surface area (Å²) in [4.78, 5) is 1.50. The van der Waals surface area contributed by atoms with Crippen LogP contribution in [0.2, 0.25) is 0 Å². The van der Waals surface area contributed by atoms with Gasteiger partial charge in [0.15, 0.2) is 0 Å². The number of aryl methyl sites for hydroxylation is 1. The van der Waals surface area contributed by atoms with E-state index in [1.807, 2.05) is 11.3 Å². The van der Waals surface area contributed by atoms with E-state index in [0.717, 1.165) is 25.3 Å². The monoisotopic (exact) mass is 243 g/mol. The van der Waals surface area contributed by atoms with Crippen molar-refractivity contribution in [3.8, 4) is 0 Å². The molecule has 0 bridgehead atoms. The first-order chi connectivity index (χ1) is 7.08. The zero-order valence-corrected chi connectivity index (χ0v) is 11.5. The smallest absolute Gasteiger partial charge is 0.0143 e. The van der Waals surface area contributed by atoms with Crippen LogP contribution in [-0.2, 0) is 5.41 Å². The molecule has 0 amide bonds. The Bertz CT molecular complexity index is 292. The van der Waals surface area contributed by atoms with Crippen LogP contribution >= 0.6 is 24.0 Å². The van der Waals surface area contributed by atoms with Crippen LogP contribution < -0.4 is 5.32 Å². The molecule has 1 aromatic heterocycles. The van der Waals surface area contributed by atoms with Crippen molar-refractivity contribution in [3.63, 3.8) is 0 Å². The van der Waals surface area contributed by atoms with E-state index in [-0.39, 0.29) is 5.41 Å². The van der Waals surface area contributed by atoms with Gasteiger partial charge in [-0.1, -0.05) is 13.8 Å². The van der Waals surface area contributed by atoms with Gasteiger partial charge in [0.05, 0.1) is 0 Å². The van der Waals surface area contributed by atoms with Crippen LogP contribution in [0.4, 0.5) is 0 Å². The van der Waals surface area contributed by atoms with Crippen molar-refractivity contribution in [1.29, 1.82) is 0 Å². The average Bonchev–Trinajstić information content (AvgIpc) is 2.60. The summed E-state index contributed by atoms with van der Waals surface area (Å²) in [5.41, 5.74) is 1.66. The molecule has 1 nitrogen and oxygen atoms in total. The minimum absolute atomic E-state index is 0.245. The van der Waals surface area contributed by atoms with Crippen LogP contribution in [0.25, 0.3) is 0 Å². The summed E-state index contributed by atoms with van der Waals surface area (Å²) in [6, 6.07) is 2.20. The fourth-order valence-corrected chi connectivity index (χ4v) is 2.96. The summed E-state index contributed by atoms with van der Waals surface area (Å²) in [5, 5.41) is 5.68. The standard InChI is InChI=1S/C12H21NS2/c1-10-5-8-15-11(10)12(2,3)9-13-6-4-7-14/h5,8,13-14H,4,6-7,9H2,1-3H3. The zero-order chi connectivity index (χ0) is 11.3. The lowest BCUT2D eigenvalue weighted by Crippen LogP contribution is -2.33. The highest BCUT2D eigenvalue weighted by Crippen LogP contribution is 2.30. The van der Waals surface area contributed by atoms with E-state index in [0.29, 0.717) is 0 Å². The predicted molar refractivity (Wildman–Crippen MR) is 73.4 cm³/mol. The van der Waals surface area contributed by atoms with Gasteiger partial charge < -0.3 is 5.32 Å². The van der Waals surface area contributed by atoms with Gasteiger partial charge in [-0.25, -0.2) is 0 Å². The van der Waals surface area contributed by atoms with Gasteiger partial charge in [0.25, 0.3) is 0 Å². The minimum atomic E-state index is 0.245. The second-order valence-electron chi connectivity index (χ2n) is 4.57. The Morgan fingerprint density at radius 2 is 2.20 bits per heavy atom. The van der Waals surface area contributed by atoms with E-state index in [1.54, 1.807) is 0 Å². The molecule has 0 saturated heterocycles. The SMILES string of the molecule is Cc1ccsc1C(C)(C)CNCCCS. The van der Waals surface area contributed by atoms with E-state index in [4.69, 9.17) is 0 Å². The van der Waals surface area contributed by atoms with Crippen LogP contribution in [-0.4, -0.2) is 18.8 Å². The van der Waals surface area contributed by atoms with Gasteiger partial charge in [-0.05, 0) is 42.7 Å². The highest BCUT2D eigenvalue weighted by atomic mass is 32.1. The fraction of sp³-hybridized carbons (Fsp3) is 0.667. The number of nitrogens with one attached hydrogen (secondary N) is 1. The third-order valence-electron chi connectivity index (χ3n) is 2.56. The van der Waals surface area contributed by atoms with Gasteiger partial charge in [0.2, 0.25) is 0 Å². The van der Waals surface area contributed by atoms with E-state index < -0.39 is 0 Å². The molecule has 0 spiro atoms. The van der Waals surface area contributed by atoms with Crippen molar-refractivity contribution >= 4 is 24.0 Å². The number of thiol groups is 1. The Labute approximate surface area is 103 Å². The molecule has 1 heterocycles.